The van der Waals surface area contributed by atoms with Gasteiger partial charge in [0.1, 0.15) is 0 Å². The third-order valence-corrected chi connectivity index (χ3v) is 3.56. The molecule has 0 saturated carbocycles. The topological polar surface area (TPSA) is 29.1 Å². The Bertz CT molecular complexity index is 261. The molecule has 0 atom stereocenters. The first-order valence-corrected chi connectivity index (χ1v) is 7.11. The Morgan fingerprint density at radius 1 is 1.56 bits per heavy atom. The molecule has 0 aromatic heterocycles. The summed E-state index contributed by atoms with van der Waals surface area (Å²) < 4.78 is 0. The highest BCUT2D eigenvalue weighted by Gasteiger charge is 2.04. The summed E-state index contributed by atoms with van der Waals surface area (Å²) >= 11 is 1.60. The number of allylic oxidation sites excluding steroid dienone is 1. The van der Waals surface area contributed by atoms with Crippen LogP contribution in [-0.2, 0) is 4.79 Å². The average Bonchev–Trinajstić information content (AvgIpc) is 2.31. The van der Waals surface area contributed by atoms with Crippen molar-refractivity contribution < 1.29 is 4.79 Å². The van der Waals surface area contributed by atoms with Gasteiger partial charge < -0.3 is 5.32 Å². The molecule has 1 amide bonds. The molecule has 0 aromatic carbocycles. The van der Waals surface area contributed by atoms with Crippen LogP contribution in [0.25, 0.3) is 0 Å². The van der Waals surface area contributed by atoms with Crippen LogP contribution in [0.1, 0.15) is 32.1 Å². The van der Waals surface area contributed by atoms with Gasteiger partial charge in [-0.2, -0.15) is 0 Å². The number of carbonyl (C=O) groups excluding carboxylic acids is 1. The van der Waals surface area contributed by atoms with Crippen LogP contribution in [0.15, 0.2) is 24.3 Å². The number of rotatable bonds is 7. The molecule has 0 bridgehead atoms. The minimum absolute atomic E-state index is 0.142. The molecule has 0 unspecified atom stereocenters. The zero-order chi connectivity index (χ0) is 11.6. The van der Waals surface area contributed by atoms with Gasteiger partial charge in [0.15, 0.2) is 0 Å². The van der Waals surface area contributed by atoms with Crippen LogP contribution < -0.4 is 5.32 Å². The molecule has 1 N–H and O–H groups in total. The number of thioether (sulfide) groups is 1. The van der Waals surface area contributed by atoms with Crippen LogP contribution >= 0.6 is 11.8 Å². The monoisotopic (exact) mass is 239 g/mol. The predicted octanol–water partition coefficient (Wildman–Crippen LogP) is 2.91. The summed E-state index contributed by atoms with van der Waals surface area (Å²) in [4.78, 5) is 11.4. The molecular weight excluding hydrogens is 218 g/mol. The largest absolute Gasteiger partial charge is 0.355 e. The van der Waals surface area contributed by atoms with Crippen molar-refractivity contribution in [2.24, 2.45) is 0 Å². The Morgan fingerprint density at radius 2 is 2.44 bits per heavy atom. The first kappa shape index (κ1) is 13.4. The minimum atomic E-state index is 0.142. The highest BCUT2D eigenvalue weighted by molar-refractivity contribution is 8.00. The van der Waals surface area contributed by atoms with Crippen molar-refractivity contribution in [1.82, 2.24) is 5.32 Å². The van der Waals surface area contributed by atoms with Crippen LogP contribution in [-0.4, -0.2) is 24.0 Å². The van der Waals surface area contributed by atoms with Gasteiger partial charge in [-0.15, -0.1) is 18.3 Å². The van der Waals surface area contributed by atoms with E-state index in [1.807, 2.05) is 6.08 Å². The van der Waals surface area contributed by atoms with Gasteiger partial charge in [0.25, 0.3) is 0 Å². The molecule has 0 fully saturated rings. The van der Waals surface area contributed by atoms with E-state index in [0.717, 1.165) is 18.7 Å². The van der Waals surface area contributed by atoms with E-state index in [1.54, 1.807) is 11.8 Å². The van der Waals surface area contributed by atoms with Gasteiger partial charge in [-0.05, 0) is 32.1 Å². The Kier molecular flexibility index (Phi) is 7.06. The molecule has 1 aliphatic carbocycles. The zero-order valence-corrected chi connectivity index (χ0v) is 10.7. The summed E-state index contributed by atoms with van der Waals surface area (Å²) in [5.74, 6) is 1.53. The van der Waals surface area contributed by atoms with Crippen LogP contribution in [0.5, 0.6) is 0 Å². The lowest BCUT2D eigenvalue weighted by atomic mass is 9.97. The lowest BCUT2D eigenvalue weighted by Crippen LogP contribution is -2.26. The lowest BCUT2D eigenvalue weighted by molar-refractivity contribution is -0.118. The van der Waals surface area contributed by atoms with E-state index >= 15 is 0 Å². The summed E-state index contributed by atoms with van der Waals surface area (Å²) in [5.41, 5.74) is 1.52. The Morgan fingerprint density at radius 3 is 3.12 bits per heavy atom. The van der Waals surface area contributed by atoms with E-state index in [0.29, 0.717) is 5.75 Å². The molecule has 0 aliphatic heterocycles. The molecule has 90 valence electrons. The van der Waals surface area contributed by atoms with Gasteiger partial charge in [-0.25, -0.2) is 0 Å². The highest BCUT2D eigenvalue weighted by atomic mass is 32.2. The van der Waals surface area contributed by atoms with Crippen LogP contribution in [0.3, 0.4) is 0 Å². The molecule has 3 heteroatoms. The van der Waals surface area contributed by atoms with Crippen molar-refractivity contribution in [3.05, 3.63) is 24.3 Å². The Balaban J connectivity index is 2.03. The van der Waals surface area contributed by atoms with Crippen LogP contribution in [0.2, 0.25) is 0 Å². The fourth-order valence-electron chi connectivity index (χ4n) is 1.78. The molecular formula is C13H21NOS. The second-order valence-electron chi connectivity index (χ2n) is 4.01. The molecule has 16 heavy (non-hydrogen) atoms. The van der Waals surface area contributed by atoms with Crippen molar-refractivity contribution in [3.63, 3.8) is 0 Å². The maximum absolute atomic E-state index is 11.4. The van der Waals surface area contributed by atoms with Crippen molar-refractivity contribution in [2.45, 2.75) is 32.1 Å². The summed E-state index contributed by atoms with van der Waals surface area (Å²) in [5, 5.41) is 2.95. The average molecular weight is 239 g/mol. The van der Waals surface area contributed by atoms with E-state index in [2.05, 4.69) is 18.0 Å². The van der Waals surface area contributed by atoms with Crippen molar-refractivity contribution in [1.29, 1.82) is 0 Å². The number of hydrogen-bond acceptors (Lipinski definition) is 2. The van der Waals surface area contributed by atoms with E-state index in [-0.39, 0.29) is 5.91 Å². The van der Waals surface area contributed by atoms with E-state index in [4.69, 9.17) is 0 Å². The summed E-state index contributed by atoms with van der Waals surface area (Å²) in [6.07, 6.45) is 10.3. The molecule has 2 nitrogen and oxygen atoms in total. The second-order valence-corrected chi connectivity index (χ2v) is 5.04. The van der Waals surface area contributed by atoms with Crippen molar-refractivity contribution in [3.8, 4) is 0 Å². The van der Waals surface area contributed by atoms with Gasteiger partial charge in [-0.3, -0.25) is 4.79 Å². The maximum atomic E-state index is 11.4. The fraction of sp³-hybridized carbons (Fsp3) is 0.615. The fourth-order valence-corrected chi connectivity index (χ4v) is 2.35. The van der Waals surface area contributed by atoms with Gasteiger partial charge in [0.05, 0.1) is 5.75 Å². The first-order valence-electron chi connectivity index (χ1n) is 5.96. The molecule has 0 radical (unpaired) electrons. The van der Waals surface area contributed by atoms with Gasteiger partial charge in [0.2, 0.25) is 5.91 Å². The first-order chi connectivity index (χ1) is 7.83. The number of amides is 1. The summed E-state index contributed by atoms with van der Waals surface area (Å²) in [6.45, 7) is 4.41. The molecule has 1 aliphatic rings. The van der Waals surface area contributed by atoms with Crippen LogP contribution in [0.4, 0.5) is 0 Å². The molecule has 0 spiro atoms. The van der Waals surface area contributed by atoms with Gasteiger partial charge >= 0.3 is 0 Å². The van der Waals surface area contributed by atoms with Gasteiger partial charge in [0, 0.05) is 12.3 Å². The normalized spacial score (nSPS) is 15.4. The molecule has 1 rings (SSSR count). The second kappa shape index (κ2) is 8.45. The molecule has 0 aromatic rings. The van der Waals surface area contributed by atoms with E-state index in [1.165, 1.54) is 31.3 Å². The summed E-state index contributed by atoms with van der Waals surface area (Å²) in [7, 11) is 0. The third-order valence-electron chi connectivity index (χ3n) is 2.62. The zero-order valence-electron chi connectivity index (χ0n) is 9.84. The van der Waals surface area contributed by atoms with E-state index < -0.39 is 0 Å². The number of carbonyl (C=O) groups is 1. The standard InChI is InChI=1S/C13H21NOS/c1-2-10-16-11-13(15)14-9-8-12-6-4-3-5-7-12/h2,6H,1,3-5,7-11H2,(H,14,15). The lowest BCUT2D eigenvalue weighted by Gasteiger charge is -2.12. The maximum Gasteiger partial charge on any atom is 0.230 e. The predicted molar refractivity (Wildman–Crippen MR) is 71.7 cm³/mol. The minimum Gasteiger partial charge on any atom is -0.355 e. The molecule has 0 saturated heterocycles. The third kappa shape index (κ3) is 6.01. The summed E-state index contributed by atoms with van der Waals surface area (Å²) in [6, 6.07) is 0. The number of hydrogen-bond donors (Lipinski definition) is 1. The van der Waals surface area contributed by atoms with Gasteiger partial charge in [-0.1, -0.05) is 17.7 Å². The highest BCUT2D eigenvalue weighted by Crippen LogP contribution is 2.19. The molecule has 0 heterocycles. The smallest absolute Gasteiger partial charge is 0.230 e. The number of nitrogens with one attached hydrogen (secondary N) is 1. The SMILES string of the molecule is C=CCSCC(=O)NCCC1=CCCCC1. The van der Waals surface area contributed by atoms with Crippen molar-refractivity contribution in [2.75, 3.05) is 18.1 Å². The van der Waals surface area contributed by atoms with Crippen molar-refractivity contribution >= 4 is 17.7 Å². The Hall–Kier alpha value is -0.700. The Labute approximate surface area is 103 Å². The van der Waals surface area contributed by atoms with Crippen LogP contribution in [0, 0.1) is 0 Å². The van der Waals surface area contributed by atoms with E-state index in [9.17, 15) is 4.79 Å². The quantitative estimate of drug-likeness (QED) is 0.547.